The Kier molecular flexibility index (Phi) is 4.07. The average Bonchev–Trinajstić information content (AvgIpc) is 2.74. The summed E-state index contributed by atoms with van der Waals surface area (Å²) in [4.78, 5) is 1.82. The molecule has 1 aliphatic rings. The van der Waals surface area contributed by atoms with Gasteiger partial charge in [0.05, 0.1) is 6.04 Å². The Morgan fingerprint density at radius 2 is 1.82 bits per heavy atom. The highest BCUT2D eigenvalue weighted by molar-refractivity contribution is 5.23. The zero-order chi connectivity index (χ0) is 12.3. The minimum Gasteiger partial charge on any atom is -0.326 e. The van der Waals surface area contributed by atoms with Crippen LogP contribution in [-0.4, -0.2) is 43.4 Å². The van der Waals surface area contributed by atoms with E-state index in [0.717, 1.165) is 5.56 Å². The number of likely N-dealkylation sites (tertiary alicyclic amines) is 1. The van der Waals surface area contributed by atoms with Gasteiger partial charge in [-0.3, -0.25) is 4.90 Å². The van der Waals surface area contributed by atoms with Gasteiger partial charge in [-0.25, -0.2) is 8.78 Å². The molecule has 0 bridgehead atoms. The molecule has 1 fully saturated rings. The second kappa shape index (κ2) is 5.56. The Morgan fingerprint density at radius 3 is 2.41 bits per heavy atom. The van der Waals surface area contributed by atoms with E-state index in [-0.39, 0.29) is 12.0 Å². The smallest absolute Gasteiger partial charge is 0.107 e. The Labute approximate surface area is 100 Å². The normalized spacial score (nSPS) is 25.6. The number of nitrogens with zero attached hydrogens (tertiary/aromatic N) is 1. The van der Waals surface area contributed by atoms with E-state index in [4.69, 9.17) is 5.73 Å². The Bertz CT molecular complexity index is 341. The molecule has 17 heavy (non-hydrogen) atoms. The zero-order valence-electron chi connectivity index (χ0n) is 9.73. The maximum absolute atomic E-state index is 12.6. The van der Waals surface area contributed by atoms with Crippen LogP contribution in [0.5, 0.6) is 0 Å². The lowest BCUT2D eigenvalue weighted by Gasteiger charge is -2.22. The number of hydrogen-bond acceptors (Lipinski definition) is 2. The first kappa shape index (κ1) is 12.5. The van der Waals surface area contributed by atoms with E-state index in [2.05, 4.69) is 0 Å². The van der Waals surface area contributed by atoms with E-state index < -0.39 is 19.4 Å². The van der Waals surface area contributed by atoms with Gasteiger partial charge in [0.25, 0.3) is 0 Å². The molecular weight excluding hydrogens is 222 g/mol. The predicted octanol–water partition coefficient (Wildman–Crippen LogP) is 1.72. The summed E-state index contributed by atoms with van der Waals surface area (Å²) in [5, 5.41) is 0. The van der Waals surface area contributed by atoms with Crippen molar-refractivity contribution in [2.24, 2.45) is 5.73 Å². The molecule has 4 heteroatoms. The summed E-state index contributed by atoms with van der Waals surface area (Å²) in [5.74, 6) is 0.178. The molecule has 94 valence electrons. The van der Waals surface area contributed by atoms with Crippen LogP contribution in [0.4, 0.5) is 8.78 Å². The number of rotatable bonds is 4. The van der Waals surface area contributed by atoms with Crippen LogP contribution in [0.3, 0.4) is 0 Å². The monoisotopic (exact) mass is 240 g/mol. The summed E-state index contributed by atoms with van der Waals surface area (Å²) >= 11 is 0. The van der Waals surface area contributed by atoms with Crippen molar-refractivity contribution in [3.8, 4) is 0 Å². The molecule has 2 unspecified atom stereocenters. The maximum atomic E-state index is 12.6. The molecule has 1 aromatic carbocycles. The minimum absolute atomic E-state index is 0.0435. The number of benzene rings is 1. The number of nitrogens with two attached hydrogens (primary N) is 1. The molecule has 1 saturated heterocycles. The van der Waals surface area contributed by atoms with Crippen LogP contribution >= 0.6 is 0 Å². The minimum atomic E-state index is -0.648. The van der Waals surface area contributed by atoms with Gasteiger partial charge in [-0.2, -0.15) is 0 Å². The zero-order valence-corrected chi connectivity index (χ0v) is 9.73. The summed E-state index contributed by atoms with van der Waals surface area (Å²) in [6.07, 6.45) is 0. The topological polar surface area (TPSA) is 29.3 Å². The van der Waals surface area contributed by atoms with Gasteiger partial charge in [0, 0.05) is 25.0 Å². The molecular formula is C13H18F2N2. The molecule has 2 atom stereocenters. The van der Waals surface area contributed by atoms with Crippen LogP contribution in [0.25, 0.3) is 0 Å². The Balaban J connectivity index is 2.07. The standard InChI is InChI=1S/C13H18F2N2/c14-6-11(7-15)17-8-12(13(16)9-17)10-4-2-1-3-5-10/h1-5,11-13H,6-9,16H2. The van der Waals surface area contributed by atoms with Crippen molar-refractivity contribution in [1.29, 1.82) is 0 Å². The van der Waals surface area contributed by atoms with Crippen molar-refractivity contribution in [3.05, 3.63) is 35.9 Å². The van der Waals surface area contributed by atoms with Gasteiger partial charge in [0.1, 0.15) is 13.3 Å². The summed E-state index contributed by atoms with van der Waals surface area (Å²) in [7, 11) is 0. The van der Waals surface area contributed by atoms with Crippen molar-refractivity contribution in [2.45, 2.75) is 18.0 Å². The van der Waals surface area contributed by atoms with Gasteiger partial charge in [-0.15, -0.1) is 0 Å². The van der Waals surface area contributed by atoms with E-state index in [1.807, 2.05) is 35.2 Å². The fourth-order valence-corrected chi connectivity index (χ4v) is 2.45. The van der Waals surface area contributed by atoms with Crippen LogP contribution < -0.4 is 5.73 Å². The first-order chi connectivity index (χ1) is 8.26. The lowest BCUT2D eigenvalue weighted by atomic mass is 9.95. The van der Waals surface area contributed by atoms with E-state index in [1.54, 1.807) is 0 Å². The number of hydrogen-bond donors (Lipinski definition) is 1. The second-order valence-electron chi connectivity index (χ2n) is 4.60. The third-order valence-electron chi connectivity index (χ3n) is 3.49. The van der Waals surface area contributed by atoms with Gasteiger partial charge in [-0.1, -0.05) is 30.3 Å². The molecule has 2 nitrogen and oxygen atoms in total. The lowest BCUT2D eigenvalue weighted by molar-refractivity contribution is 0.164. The first-order valence-electron chi connectivity index (χ1n) is 5.92. The maximum Gasteiger partial charge on any atom is 0.107 e. The lowest BCUT2D eigenvalue weighted by Crippen LogP contribution is -2.38. The average molecular weight is 240 g/mol. The van der Waals surface area contributed by atoms with Crippen molar-refractivity contribution in [1.82, 2.24) is 4.90 Å². The van der Waals surface area contributed by atoms with Crippen molar-refractivity contribution in [3.63, 3.8) is 0 Å². The Hall–Kier alpha value is -1.00. The van der Waals surface area contributed by atoms with Crippen LogP contribution in [0, 0.1) is 0 Å². The highest BCUT2D eigenvalue weighted by atomic mass is 19.1. The van der Waals surface area contributed by atoms with E-state index in [1.165, 1.54) is 0 Å². The molecule has 0 radical (unpaired) electrons. The molecule has 1 heterocycles. The van der Waals surface area contributed by atoms with Crippen LogP contribution in [-0.2, 0) is 0 Å². The number of alkyl halides is 2. The van der Waals surface area contributed by atoms with Gasteiger partial charge < -0.3 is 5.73 Å². The molecule has 0 amide bonds. The second-order valence-corrected chi connectivity index (χ2v) is 4.60. The highest BCUT2D eigenvalue weighted by Gasteiger charge is 2.34. The highest BCUT2D eigenvalue weighted by Crippen LogP contribution is 2.27. The van der Waals surface area contributed by atoms with Crippen LogP contribution in [0.1, 0.15) is 11.5 Å². The number of halogens is 2. The van der Waals surface area contributed by atoms with Gasteiger partial charge >= 0.3 is 0 Å². The SMILES string of the molecule is NC1CN(C(CF)CF)CC1c1ccccc1. The third-order valence-corrected chi connectivity index (χ3v) is 3.49. The van der Waals surface area contributed by atoms with Crippen molar-refractivity contribution in [2.75, 3.05) is 26.4 Å². The molecule has 1 aromatic rings. The molecule has 2 rings (SSSR count). The summed E-state index contributed by atoms with van der Waals surface area (Å²) in [5.41, 5.74) is 7.21. The summed E-state index contributed by atoms with van der Waals surface area (Å²) in [6.45, 7) is -0.0861. The van der Waals surface area contributed by atoms with Crippen molar-refractivity contribution < 1.29 is 8.78 Å². The molecule has 0 spiro atoms. The fourth-order valence-electron chi connectivity index (χ4n) is 2.45. The fraction of sp³-hybridized carbons (Fsp3) is 0.538. The van der Waals surface area contributed by atoms with Crippen LogP contribution in [0.15, 0.2) is 30.3 Å². The Morgan fingerprint density at radius 1 is 1.18 bits per heavy atom. The van der Waals surface area contributed by atoms with Crippen LogP contribution in [0.2, 0.25) is 0 Å². The van der Waals surface area contributed by atoms with Crippen molar-refractivity contribution >= 4 is 0 Å². The molecule has 0 aromatic heterocycles. The molecule has 2 N–H and O–H groups in total. The predicted molar refractivity (Wildman–Crippen MR) is 64.5 cm³/mol. The third kappa shape index (κ3) is 2.64. The summed E-state index contributed by atoms with van der Waals surface area (Å²) in [6, 6.07) is 9.25. The van der Waals surface area contributed by atoms with E-state index in [0.29, 0.717) is 13.1 Å². The van der Waals surface area contributed by atoms with E-state index in [9.17, 15) is 8.78 Å². The van der Waals surface area contributed by atoms with Gasteiger partial charge in [0.15, 0.2) is 0 Å². The quantitative estimate of drug-likeness (QED) is 0.868. The largest absolute Gasteiger partial charge is 0.326 e. The van der Waals surface area contributed by atoms with Gasteiger partial charge in [-0.05, 0) is 5.56 Å². The summed E-state index contributed by atoms with van der Waals surface area (Å²) < 4.78 is 25.3. The molecule has 0 saturated carbocycles. The molecule has 0 aliphatic carbocycles. The van der Waals surface area contributed by atoms with Gasteiger partial charge in [0.2, 0.25) is 0 Å². The first-order valence-corrected chi connectivity index (χ1v) is 5.92. The van der Waals surface area contributed by atoms with E-state index >= 15 is 0 Å². The molecule has 1 aliphatic heterocycles.